The van der Waals surface area contributed by atoms with Gasteiger partial charge in [0, 0.05) is 10.0 Å². The van der Waals surface area contributed by atoms with Crippen molar-refractivity contribution in [3.8, 4) is 0 Å². The highest BCUT2D eigenvalue weighted by atomic mass is 35.5. The van der Waals surface area contributed by atoms with Crippen LogP contribution in [0.15, 0.2) is 18.2 Å². The summed E-state index contributed by atoms with van der Waals surface area (Å²) in [5.74, 6) is -0.983. The lowest BCUT2D eigenvalue weighted by Crippen LogP contribution is -2.55. The van der Waals surface area contributed by atoms with Crippen LogP contribution in [-0.2, 0) is 11.4 Å². The van der Waals surface area contributed by atoms with E-state index in [1.807, 2.05) is 5.32 Å². The van der Waals surface area contributed by atoms with Crippen molar-refractivity contribution in [2.24, 2.45) is 0 Å². The van der Waals surface area contributed by atoms with Crippen LogP contribution in [0.1, 0.15) is 5.56 Å². The molecule has 5 amide bonds. The van der Waals surface area contributed by atoms with Crippen LogP contribution in [0.25, 0.3) is 0 Å². The smallest absolute Gasteiger partial charge is 0.332 e. The predicted molar refractivity (Wildman–Crippen MR) is 99.0 cm³/mol. The number of carbonyl (C=O) groups excluding carboxylic acids is 3. The lowest BCUT2D eigenvalue weighted by atomic mass is 10.2. The van der Waals surface area contributed by atoms with Gasteiger partial charge in [-0.15, -0.1) is 0 Å². The van der Waals surface area contributed by atoms with Gasteiger partial charge >= 0.3 is 12.1 Å². The van der Waals surface area contributed by atoms with Gasteiger partial charge in [0.15, 0.2) is 6.17 Å². The molecule has 2 rings (SSSR count). The maximum atomic E-state index is 11.8. The first-order chi connectivity index (χ1) is 13.8. The number of rotatable bonds is 6. The summed E-state index contributed by atoms with van der Waals surface area (Å²) in [4.78, 5) is 36.4. The molecule has 29 heavy (non-hydrogen) atoms. The molecule has 0 aliphatic carbocycles. The Morgan fingerprint density at radius 1 is 1.10 bits per heavy atom. The van der Waals surface area contributed by atoms with E-state index in [0.717, 1.165) is 0 Å². The average molecular weight is 455 g/mol. The largest absolute Gasteiger partial charge is 0.392 e. The van der Waals surface area contributed by atoms with Crippen LogP contribution >= 0.6 is 23.2 Å². The van der Waals surface area contributed by atoms with Gasteiger partial charge in [0.1, 0.15) is 26.9 Å². The van der Waals surface area contributed by atoms with Crippen molar-refractivity contribution in [2.45, 2.75) is 12.8 Å². The van der Waals surface area contributed by atoms with Crippen LogP contribution in [-0.4, -0.2) is 91.3 Å². The Kier molecular flexibility index (Phi) is 10.0. The molecule has 0 bridgehead atoms. The number of halogens is 2. The molecule has 1 aliphatic heterocycles. The fraction of sp³-hybridized carbons (Fsp3) is 0.400. The number of amides is 5. The highest BCUT2D eigenvalue weighted by Gasteiger charge is 2.49. The van der Waals surface area contributed by atoms with E-state index in [-0.39, 0.29) is 6.61 Å². The molecule has 1 fully saturated rings. The SMILES string of the molecule is O=C1C(N(CO)C(=O)NCO)N(CO)C(=O)N1CO.OCc1ccc(Cl)cc1Cl. The molecule has 0 aromatic heterocycles. The molecule has 14 heteroatoms. The van der Waals surface area contributed by atoms with E-state index in [9.17, 15) is 14.4 Å². The molecule has 1 aromatic rings. The first-order valence-corrected chi connectivity index (χ1v) is 8.67. The summed E-state index contributed by atoms with van der Waals surface area (Å²) in [6.07, 6.45) is -1.60. The van der Waals surface area contributed by atoms with Gasteiger partial charge < -0.3 is 30.8 Å². The molecule has 1 unspecified atom stereocenters. The zero-order valence-electron chi connectivity index (χ0n) is 14.9. The van der Waals surface area contributed by atoms with E-state index in [4.69, 9.17) is 48.7 Å². The van der Waals surface area contributed by atoms with E-state index < -0.39 is 51.1 Å². The van der Waals surface area contributed by atoms with E-state index in [1.165, 1.54) is 0 Å². The van der Waals surface area contributed by atoms with Crippen LogP contribution in [0.5, 0.6) is 0 Å². The number of hydrogen-bond acceptors (Lipinski definition) is 8. The second-order valence-corrected chi connectivity index (χ2v) is 6.16. The number of nitrogens with zero attached hydrogens (tertiary/aromatic N) is 3. The monoisotopic (exact) mass is 454 g/mol. The molecular formula is C15H20Cl2N4O8. The molecular weight excluding hydrogens is 435 g/mol. The molecule has 1 heterocycles. The fourth-order valence-corrected chi connectivity index (χ4v) is 2.74. The number of benzene rings is 1. The van der Waals surface area contributed by atoms with Crippen LogP contribution in [0.2, 0.25) is 10.0 Å². The van der Waals surface area contributed by atoms with Crippen molar-refractivity contribution in [1.82, 2.24) is 20.0 Å². The van der Waals surface area contributed by atoms with Crippen molar-refractivity contribution in [3.63, 3.8) is 0 Å². The molecule has 12 nitrogen and oxygen atoms in total. The maximum Gasteiger partial charge on any atom is 0.332 e. The van der Waals surface area contributed by atoms with E-state index >= 15 is 0 Å². The Labute approximate surface area is 175 Å². The van der Waals surface area contributed by atoms with E-state index in [2.05, 4.69) is 0 Å². The zero-order chi connectivity index (χ0) is 22.1. The minimum Gasteiger partial charge on any atom is -0.392 e. The van der Waals surface area contributed by atoms with Gasteiger partial charge in [-0.3, -0.25) is 14.6 Å². The number of nitrogens with one attached hydrogen (secondary N) is 1. The van der Waals surface area contributed by atoms with Crippen molar-refractivity contribution in [2.75, 3.05) is 26.9 Å². The Morgan fingerprint density at radius 2 is 1.76 bits per heavy atom. The third kappa shape index (κ3) is 5.90. The molecule has 0 spiro atoms. The van der Waals surface area contributed by atoms with Gasteiger partial charge in [0.25, 0.3) is 5.91 Å². The molecule has 0 saturated carbocycles. The number of urea groups is 2. The topological polar surface area (TPSA) is 174 Å². The standard InChI is InChI=1S/C8H14N4O7.C7H6Cl2O/c13-1-9-7(18)10(2-14)5-6(17)12(4-16)8(19)11(5)3-15;8-6-2-1-5(4-10)7(9)3-6/h5,13-16H,1-4H2,(H,9,18);1-3,10H,4H2. The van der Waals surface area contributed by atoms with Crippen molar-refractivity contribution in [3.05, 3.63) is 33.8 Å². The first kappa shape index (κ1) is 24.8. The average Bonchev–Trinajstić information content (AvgIpc) is 2.92. The number of hydrogen-bond donors (Lipinski definition) is 6. The lowest BCUT2D eigenvalue weighted by Gasteiger charge is -2.29. The zero-order valence-corrected chi connectivity index (χ0v) is 16.4. The lowest BCUT2D eigenvalue weighted by molar-refractivity contribution is -0.136. The van der Waals surface area contributed by atoms with Gasteiger partial charge in [0.2, 0.25) is 0 Å². The van der Waals surface area contributed by atoms with E-state index in [0.29, 0.717) is 30.3 Å². The second-order valence-electron chi connectivity index (χ2n) is 5.32. The Bertz CT molecular complexity index is 738. The third-order valence-electron chi connectivity index (χ3n) is 3.68. The first-order valence-electron chi connectivity index (χ1n) is 7.91. The molecule has 1 aromatic carbocycles. The summed E-state index contributed by atoms with van der Waals surface area (Å²) in [5, 5.41) is 47.3. The van der Waals surface area contributed by atoms with Crippen LogP contribution in [0.4, 0.5) is 9.59 Å². The van der Waals surface area contributed by atoms with Crippen molar-refractivity contribution < 1.29 is 39.9 Å². The predicted octanol–water partition coefficient (Wildman–Crippen LogP) is -1.13. The van der Waals surface area contributed by atoms with Crippen LogP contribution in [0.3, 0.4) is 0 Å². The fourth-order valence-electron chi connectivity index (χ4n) is 2.27. The van der Waals surface area contributed by atoms with Gasteiger partial charge in [0.05, 0.1) is 6.61 Å². The highest BCUT2D eigenvalue weighted by molar-refractivity contribution is 6.35. The summed E-state index contributed by atoms with van der Waals surface area (Å²) in [7, 11) is 0. The minimum absolute atomic E-state index is 0.0456. The molecule has 1 aliphatic rings. The van der Waals surface area contributed by atoms with Gasteiger partial charge in [-0.1, -0.05) is 29.3 Å². The molecule has 1 saturated heterocycles. The number of aliphatic hydroxyl groups is 5. The molecule has 1 atom stereocenters. The highest BCUT2D eigenvalue weighted by Crippen LogP contribution is 2.21. The van der Waals surface area contributed by atoms with Crippen LogP contribution < -0.4 is 5.32 Å². The summed E-state index contributed by atoms with van der Waals surface area (Å²) in [5.41, 5.74) is 0.700. The molecule has 162 valence electrons. The quantitative estimate of drug-likeness (QED) is 0.231. The van der Waals surface area contributed by atoms with Gasteiger partial charge in [-0.25, -0.2) is 14.5 Å². The van der Waals surface area contributed by atoms with Gasteiger partial charge in [-0.2, -0.15) is 0 Å². The number of carbonyl (C=O) groups is 3. The molecule has 0 radical (unpaired) electrons. The van der Waals surface area contributed by atoms with Crippen molar-refractivity contribution in [1.29, 1.82) is 0 Å². The number of imide groups is 1. The Hall–Kier alpha value is -2.19. The summed E-state index contributed by atoms with van der Waals surface area (Å²) in [6, 6.07) is 2.97. The Balaban J connectivity index is 0.000000352. The molecule has 6 N–H and O–H groups in total. The minimum atomic E-state index is -1.60. The van der Waals surface area contributed by atoms with Crippen molar-refractivity contribution >= 4 is 41.2 Å². The van der Waals surface area contributed by atoms with Gasteiger partial charge in [-0.05, 0) is 17.7 Å². The third-order valence-corrected chi connectivity index (χ3v) is 4.26. The second kappa shape index (κ2) is 11.7. The Morgan fingerprint density at radius 3 is 2.21 bits per heavy atom. The summed E-state index contributed by atoms with van der Waals surface area (Å²) >= 11 is 11.3. The summed E-state index contributed by atoms with van der Waals surface area (Å²) in [6.45, 7) is -3.55. The van der Waals surface area contributed by atoms with E-state index in [1.54, 1.807) is 18.2 Å². The normalized spacial score (nSPS) is 15.9. The van der Waals surface area contributed by atoms with Crippen LogP contribution in [0, 0.1) is 0 Å². The maximum absolute atomic E-state index is 11.8. The summed E-state index contributed by atoms with van der Waals surface area (Å²) < 4.78 is 0. The number of aliphatic hydroxyl groups excluding tert-OH is 5.